The van der Waals surface area contributed by atoms with Gasteiger partial charge in [-0.05, 0) is 25.7 Å². The van der Waals surface area contributed by atoms with E-state index >= 15 is 0 Å². The van der Waals surface area contributed by atoms with Crippen LogP contribution in [0.25, 0.3) is 16.2 Å². The maximum absolute atomic E-state index is 13.2. The lowest BCUT2D eigenvalue weighted by Crippen LogP contribution is -2.25. The summed E-state index contributed by atoms with van der Waals surface area (Å²) in [5, 5.41) is 0. The summed E-state index contributed by atoms with van der Waals surface area (Å²) in [5.74, 6) is -1.83. The van der Waals surface area contributed by atoms with E-state index in [4.69, 9.17) is 0 Å². The molecule has 1 aliphatic carbocycles. The van der Waals surface area contributed by atoms with Gasteiger partial charge in [-0.15, -0.1) is 11.3 Å². The number of carbonyl (C=O) groups is 1. The van der Waals surface area contributed by atoms with Gasteiger partial charge < -0.3 is 0 Å². The standard InChI is InChI=1S/C17H13F3N2OS/c18-17(19,20)15(23)14-13(10-6-2-1-3-7-10)21-16-22(14)11-8-4-5-9-12(11)24-16/h1-3,6-7H,4-5,8-9H2. The topological polar surface area (TPSA) is 34.4 Å². The van der Waals surface area contributed by atoms with Gasteiger partial charge in [-0.1, -0.05) is 30.3 Å². The zero-order chi connectivity index (χ0) is 16.9. The quantitative estimate of drug-likeness (QED) is 0.629. The molecule has 1 aliphatic rings. The van der Waals surface area contributed by atoms with Crippen molar-refractivity contribution in [2.24, 2.45) is 0 Å². The number of ketones is 1. The Morgan fingerprint density at radius 3 is 2.54 bits per heavy atom. The molecule has 0 amide bonds. The number of benzene rings is 1. The number of aromatic nitrogens is 2. The van der Waals surface area contributed by atoms with Crippen molar-refractivity contribution in [3.05, 3.63) is 46.6 Å². The Balaban J connectivity index is 2.03. The Morgan fingerprint density at radius 1 is 1.12 bits per heavy atom. The molecule has 0 fully saturated rings. The number of rotatable bonds is 2. The Morgan fingerprint density at radius 2 is 1.83 bits per heavy atom. The van der Waals surface area contributed by atoms with E-state index in [2.05, 4.69) is 4.98 Å². The molecule has 24 heavy (non-hydrogen) atoms. The molecular formula is C17H13F3N2OS. The van der Waals surface area contributed by atoms with Crippen molar-refractivity contribution in [1.29, 1.82) is 0 Å². The van der Waals surface area contributed by atoms with Crippen LogP contribution in [0, 0.1) is 0 Å². The van der Waals surface area contributed by atoms with Crippen LogP contribution in [0.5, 0.6) is 0 Å². The summed E-state index contributed by atoms with van der Waals surface area (Å²) in [7, 11) is 0. The second kappa shape index (κ2) is 5.44. The van der Waals surface area contributed by atoms with Gasteiger partial charge in [0, 0.05) is 16.1 Å². The minimum atomic E-state index is -4.93. The van der Waals surface area contributed by atoms with Gasteiger partial charge in [0.15, 0.2) is 4.96 Å². The van der Waals surface area contributed by atoms with E-state index in [1.54, 1.807) is 30.3 Å². The highest BCUT2D eigenvalue weighted by Crippen LogP contribution is 2.37. The highest BCUT2D eigenvalue weighted by molar-refractivity contribution is 7.17. The molecule has 3 nitrogen and oxygen atoms in total. The Hall–Kier alpha value is -2.15. The number of alkyl halides is 3. The van der Waals surface area contributed by atoms with Crippen LogP contribution in [0.4, 0.5) is 13.2 Å². The van der Waals surface area contributed by atoms with E-state index in [1.807, 2.05) is 0 Å². The van der Waals surface area contributed by atoms with Crippen molar-refractivity contribution in [3.63, 3.8) is 0 Å². The van der Waals surface area contributed by atoms with Gasteiger partial charge in [-0.3, -0.25) is 9.20 Å². The largest absolute Gasteiger partial charge is 0.456 e. The number of carbonyl (C=O) groups excluding carboxylic acids is 1. The molecule has 0 spiro atoms. The number of fused-ring (bicyclic) bond motifs is 3. The van der Waals surface area contributed by atoms with Crippen molar-refractivity contribution in [3.8, 4) is 11.3 Å². The van der Waals surface area contributed by atoms with Gasteiger partial charge in [0.2, 0.25) is 0 Å². The van der Waals surface area contributed by atoms with Crippen LogP contribution in [0.15, 0.2) is 30.3 Å². The SMILES string of the molecule is O=C(c1c(-c2ccccc2)nc2sc3c(n12)CCCC3)C(F)(F)F. The van der Waals surface area contributed by atoms with Gasteiger partial charge in [0.1, 0.15) is 11.4 Å². The van der Waals surface area contributed by atoms with Gasteiger partial charge in [0.25, 0.3) is 5.78 Å². The molecule has 124 valence electrons. The molecule has 0 bridgehead atoms. The summed E-state index contributed by atoms with van der Waals surface area (Å²) in [6, 6.07) is 8.56. The average molecular weight is 350 g/mol. The van der Waals surface area contributed by atoms with Crippen molar-refractivity contribution in [2.45, 2.75) is 31.9 Å². The maximum atomic E-state index is 13.2. The van der Waals surface area contributed by atoms with Crippen LogP contribution >= 0.6 is 11.3 Å². The van der Waals surface area contributed by atoms with Crippen LogP contribution in [0.2, 0.25) is 0 Å². The molecule has 4 rings (SSSR count). The summed E-state index contributed by atoms with van der Waals surface area (Å²) in [4.78, 5) is 18.0. The maximum Gasteiger partial charge on any atom is 0.456 e. The molecule has 0 atom stereocenters. The second-order valence-corrected chi connectivity index (χ2v) is 6.86. The first-order valence-corrected chi connectivity index (χ1v) is 8.48. The van der Waals surface area contributed by atoms with Crippen LogP contribution in [-0.4, -0.2) is 21.3 Å². The molecule has 2 aromatic heterocycles. The van der Waals surface area contributed by atoms with Gasteiger partial charge >= 0.3 is 6.18 Å². The number of thiazole rings is 1. The highest BCUT2D eigenvalue weighted by atomic mass is 32.1. The monoisotopic (exact) mass is 350 g/mol. The predicted molar refractivity (Wildman–Crippen MR) is 85.5 cm³/mol. The van der Waals surface area contributed by atoms with Crippen LogP contribution < -0.4 is 0 Å². The smallest absolute Gasteiger partial charge is 0.283 e. The van der Waals surface area contributed by atoms with Crippen LogP contribution in [-0.2, 0) is 12.8 Å². The Labute approximate surface area is 139 Å². The summed E-state index contributed by atoms with van der Waals surface area (Å²) in [5.41, 5.74) is 1.08. The zero-order valence-corrected chi connectivity index (χ0v) is 13.4. The summed E-state index contributed by atoms with van der Waals surface area (Å²) in [6.07, 6.45) is -1.48. The van der Waals surface area contributed by atoms with Gasteiger partial charge in [0.05, 0.1) is 0 Å². The molecule has 2 heterocycles. The van der Waals surface area contributed by atoms with E-state index in [0.29, 0.717) is 16.9 Å². The van der Waals surface area contributed by atoms with Crippen LogP contribution in [0.1, 0.15) is 33.9 Å². The third kappa shape index (κ3) is 2.34. The minimum absolute atomic E-state index is 0.109. The lowest BCUT2D eigenvalue weighted by Gasteiger charge is -2.13. The molecule has 1 aromatic carbocycles. The highest BCUT2D eigenvalue weighted by Gasteiger charge is 2.43. The first-order chi connectivity index (χ1) is 11.5. The number of Topliss-reactive ketones (excluding diaryl/α,β-unsaturated/α-hetero) is 1. The molecule has 0 unspecified atom stereocenters. The second-order valence-electron chi connectivity index (χ2n) is 5.80. The number of hydrogen-bond donors (Lipinski definition) is 0. The molecule has 0 saturated heterocycles. The number of hydrogen-bond acceptors (Lipinski definition) is 3. The lowest BCUT2D eigenvalue weighted by molar-refractivity contribution is -0.0888. The van der Waals surface area contributed by atoms with Gasteiger partial charge in [-0.25, -0.2) is 4.98 Å². The molecule has 0 N–H and O–H groups in total. The molecule has 7 heteroatoms. The molecule has 0 saturated carbocycles. The zero-order valence-electron chi connectivity index (χ0n) is 12.6. The third-order valence-corrected chi connectivity index (χ3v) is 5.38. The fraction of sp³-hybridized carbons (Fsp3) is 0.294. The predicted octanol–water partition coefficient (Wildman–Crippen LogP) is 4.69. The fourth-order valence-electron chi connectivity index (χ4n) is 3.18. The van der Waals surface area contributed by atoms with E-state index in [0.717, 1.165) is 29.8 Å². The van der Waals surface area contributed by atoms with E-state index < -0.39 is 12.0 Å². The number of aryl methyl sites for hydroxylation is 2. The molecular weight excluding hydrogens is 337 g/mol. The first kappa shape index (κ1) is 15.4. The number of imidazole rings is 1. The van der Waals surface area contributed by atoms with Crippen molar-refractivity contribution < 1.29 is 18.0 Å². The first-order valence-electron chi connectivity index (χ1n) is 7.67. The van der Waals surface area contributed by atoms with E-state index in [-0.39, 0.29) is 11.4 Å². The van der Waals surface area contributed by atoms with E-state index in [9.17, 15) is 18.0 Å². The minimum Gasteiger partial charge on any atom is -0.283 e. The van der Waals surface area contributed by atoms with Crippen molar-refractivity contribution in [1.82, 2.24) is 9.38 Å². The number of halogens is 3. The van der Waals surface area contributed by atoms with Crippen molar-refractivity contribution >= 4 is 22.1 Å². The number of nitrogens with zero attached hydrogens (tertiary/aromatic N) is 2. The average Bonchev–Trinajstić information content (AvgIpc) is 3.10. The molecule has 3 aromatic rings. The summed E-state index contributed by atoms with van der Waals surface area (Å²) < 4.78 is 41.0. The normalized spacial score (nSPS) is 14.8. The van der Waals surface area contributed by atoms with E-state index in [1.165, 1.54) is 15.7 Å². The summed E-state index contributed by atoms with van der Waals surface area (Å²) in [6.45, 7) is 0. The molecule has 0 radical (unpaired) electrons. The molecule has 0 aliphatic heterocycles. The lowest BCUT2D eigenvalue weighted by atomic mass is 10.0. The summed E-state index contributed by atoms with van der Waals surface area (Å²) >= 11 is 1.39. The Kier molecular flexibility index (Phi) is 3.49. The fourth-order valence-corrected chi connectivity index (χ4v) is 4.39. The Bertz CT molecular complexity index is 925. The van der Waals surface area contributed by atoms with Crippen molar-refractivity contribution in [2.75, 3.05) is 0 Å². The van der Waals surface area contributed by atoms with Gasteiger partial charge in [-0.2, -0.15) is 13.2 Å². The van der Waals surface area contributed by atoms with Crippen LogP contribution in [0.3, 0.4) is 0 Å². The third-order valence-electron chi connectivity index (χ3n) is 4.24.